The lowest BCUT2D eigenvalue weighted by molar-refractivity contribution is -0.139. The first kappa shape index (κ1) is 14.3. The van der Waals surface area contributed by atoms with Crippen molar-refractivity contribution in [3.8, 4) is 5.75 Å². The van der Waals surface area contributed by atoms with Crippen LogP contribution < -0.4 is 4.74 Å². The van der Waals surface area contributed by atoms with Crippen LogP contribution in [0.2, 0.25) is 0 Å². The lowest BCUT2D eigenvalue weighted by Crippen LogP contribution is -2.48. The summed E-state index contributed by atoms with van der Waals surface area (Å²) in [5, 5.41) is 12.5. The van der Waals surface area contributed by atoms with Crippen LogP contribution in [0.25, 0.3) is 0 Å². The largest absolute Gasteiger partial charge is 0.479 e. The van der Waals surface area contributed by atoms with E-state index in [1.807, 2.05) is 7.05 Å². The first-order valence-electron chi connectivity index (χ1n) is 6.38. The molecule has 1 aromatic rings. The minimum atomic E-state index is -1.05. The molecule has 1 fully saturated rings. The van der Waals surface area contributed by atoms with Gasteiger partial charge in [-0.3, -0.25) is 9.48 Å². The van der Waals surface area contributed by atoms with E-state index in [1.165, 1.54) is 17.1 Å². The van der Waals surface area contributed by atoms with Crippen molar-refractivity contribution in [1.29, 1.82) is 0 Å². The van der Waals surface area contributed by atoms with E-state index in [2.05, 4.69) is 10.00 Å². The minimum absolute atomic E-state index is 0.00554. The third-order valence-electron chi connectivity index (χ3n) is 3.13. The molecule has 1 amide bonds. The summed E-state index contributed by atoms with van der Waals surface area (Å²) in [6, 6.07) is 0. The molecule has 0 bridgehead atoms. The van der Waals surface area contributed by atoms with E-state index in [0.717, 1.165) is 26.2 Å². The van der Waals surface area contributed by atoms with Gasteiger partial charge in [0.2, 0.25) is 5.91 Å². The van der Waals surface area contributed by atoms with Gasteiger partial charge in [0.15, 0.2) is 12.4 Å². The van der Waals surface area contributed by atoms with E-state index in [0.29, 0.717) is 5.75 Å². The van der Waals surface area contributed by atoms with E-state index in [4.69, 9.17) is 9.84 Å². The average Bonchev–Trinajstić information content (AvgIpc) is 2.84. The molecule has 0 saturated carbocycles. The number of piperazine rings is 1. The summed E-state index contributed by atoms with van der Waals surface area (Å²) in [6.07, 6.45) is 2.93. The summed E-state index contributed by atoms with van der Waals surface area (Å²) >= 11 is 0. The fraction of sp³-hybridized carbons (Fsp3) is 0.583. The molecule has 1 aliphatic heterocycles. The molecule has 8 nitrogen and oxygen atoms in total. The van der Waals surface area contributed by atoms with Crippen LogP contribution in [0, 0.1) is 0 Å². The number of carboxylic acids is 1. The molecule has 2 rings (SSSR count). The van der Waals surface area contributed by atoms with Gasteiger partial charge in [-0.05, 0) is 7.05 Å². The van der Waals surface area contributed by atoms with Gasteiger partial charge in [0.1, 0.15) is 6.54 Å². The Kier molecular flexibility index (Phi) is 4.57. The highest BCUT2D eigenvalue weighted by Crippen LogP contribution is 2.09. The molecule has 0 aromatic carbocycles. The zero-order valence-electron chi connectivity index (χ0n) is 11.4. The molecule has 1 aliphatic rings. The third-order valence-corrected chi connectivity index (χ3v) is 3.13. The number of ether oxygens (including phenoxy) is 1. The van der Waals surface area contributed by atoms with Crippen LogP contribution in [0.15, 0.2) is 12.4 Å². The lowest BCUT2D eigenvalue weighted by atomic mass is 10.3. The predicted octanol–water partition coefficient (Wildman–Crippen LogP) is -0.879. The van der Waals surface area contributed by atoms with Crippen molar-refractivity contribution in [3.63, 3.8) is 0 Å². The molecule has 1 N–H and O–H groups in total. The van der Waals surface area contributed by atoms with Gasteiger partial charge in [-0.25, -0.2) is 4.79 Å². The zero-order valence-corrected chi connectivity index (χ0v) is 11.4. The number of carboxylic acid groups (broad SMARTS) is 1. The highest BCUT2D eigenvalue weighted by Gasteiger charge is 2.19. The Bertz CT molecular complexity index is 480. The van der Waals surface area contributed by atoms with Crippen molar-refractivity contribution in [2.45, 2.75) is 6.54 Å². The van der Waals surface area contributed by atoms with Gasteiger partial charge in [0, 0.05) is 26.2 Å². The van der Waals surface area contributed by atoms with Crippen molar-refractivity contribution in [2.24, 2.45) is 0 Å². The molecule has 1 saturated heterocycles. The summed E-state index contributed by atoms with van der Waals surface area (Å²) in [5.74, 6) is -0.698. The molecular formula is C12H18N4O4. The van der Waals surface area contributed by atoms with E-state index < -0.39 is 12.6 Å². The number of nitrogens with zero attached hydrogens (tertiary/aromatic N) is 4. The van der Waals surface area contributed by atoms with Crippen LogP contribution in [0.3, 0.4) is 0 Å². The van der Waals surface area contributed by atoms with Crippen molar-refractivity contribution < 1.29 is 19.4 Å². The Hall–Kier alpha value is -2.09. The summed E-state index contributed by atoms with van der Waals surface area (Å²) < 4.78 is 6.43. The van der Waals surface area contributed by atoms with Gasteiger partial charge >= 0.3 is 5.97 Å². The molecular weight excluding hydrogens is 264 g/mol. The van der Waals surface area contributed by atoms with Crippen LogP contribution in [-0.4, -0.2) is 76.4 Å². The molecule has 0 atom stereocenters. The van der Waals surface area contributed by atoms with Gasteiger partial charge in [0.25, 0.3) is 0 Å². The summed E-state index contributed by atoms with van der Waals surface area (Å²) in [4.78, 5) is 26.4. The fourth-order valence-electron chi connectivity index (χ4n) is 1.95. The zero-order chi connectivity index (χ0) is 14.5. The summed E-state index contributed by atoms with van der Waals surface area (Å²) in [7, 11) is 2.03. The number of aromatic nitrogens is 2. The van der Waals surface area contributed by atoms with Gasteiger partial charge in [-0.2, -0.15) is 5.10 Å². The second kappa shape index (κ2) is 6.38. The standard InChI is InChI=1S/C12H18N4O4/c1-14-2-4-15(5-3-14)11(17)8-16-7-10(6-13-16)20-9-12(18)19/h6-7H,2-5,8-9H2,1H3,(H,18,19). The molecule has 2 heterocycles. The van der Waals surface area contributed by atoms with Crippen LogP contribution >= 0.6 is 0 Å². The second-order valence-corrected chi connectivity index (χ2v) is 4.74. The molecule has 0 aliphatic carbocycles. The number of likely N-dealkylation sites (N-methyl/N-ethyl adjacent to an activating group) is 1. The van der Waals surface area contributed by atoms with E-state index in [9.17, 15) is 9.59 Å². The van der Waals surface area contributed by atoms with Crippen molar-refractivity contribution in [3.05, 3.63) is 12.4 Å². The van der Waals surface area contributed by atoms with Crippen LogP contribution in [0.4, 0.5) is 0 Å². The van der Waals surface area contributed by atoms with E-state index in [-0.39, 0.29) is 12.5 Å². The van der Waals surface area contributed by atoms with Gasteiger partial charge in [-0.15, -0.1) is 0 Å². The summed E-state index contributed by atoms with van der Waals surface area (Å²) in [6.45, 7) is 2.91. The average molecular weight is 282 g/mol. The number of hydrogen-bond donors (Lipinski definition) is 1. The van der Waals surface area contributed by atoms with E-state index in [1.54, 1.807) is 4.90 Å². The number of carbonyl (C=O) groups is 2. The van der Waals surface area contributed by atoms with Gasteiger partial charge < -0.3 is 19.6 Å². The second-order valence-electron chi connectivity index (χ2n) is 4.74. The molecule has 20 heavy (non-hydrogen) atoms. The van der Waals surface area contributed by atoms with Crippen molar-refractivity contribution >= 4 is 11.9 Å². The third kappa shape index (κ3) is 3.95. The van der Waals surface area contributed by atoms with Crippen molar-refractivity contribution in [2.75, 3.05) is 39.8 Å². The Morgan fingerprint density at radius 3 is 2.70 bits per heavy atom. The maximum atomic E-state index is 12.1. The first-order valence-corrected chi connectivity index (χ1v) is 6.38. The lowest BCUT2D eigenvalue weighted by Gasteiger charge is -2.32. The molecule has 8 heteroatoms. The van der Waals surface area contributed by atoms with Crippen LogP contribution in [-0.2, 0) is 16.1 Å². The highest BCUT2D eigenvalue weighted by molar-refractivity contribution is 5.76. The molecule has 110 valence electrons. The number of aliphatic carboxylic acids is 1. The number of amides is 1. The van der Waals surface area contributed by atoms with Crippen molar-refractivity contribution in [1.82, 2.24) is 19.6 Å². The number of rotatable bonds is 5. The predicted molar refractivity (Wildman–Crippen MR) is 69.4 cm³/mol. The van der Waals surface area contributed by atoms with Gasteiger partial charge in [0.05, 0.1) is 12.4 Å². The Morgan fingerprint density at radius 1 is 1.35 bits per heavy atom. The summed E-state index contributed by atoms with van der Waals surface area (Å²) in [5.41, 5.74) is 0. The van der Waals surface area contributed by atoms with Crippen LogP contribution in [0.5, 0.6) is 5.75 Å². The first-order chi connectivity index (χ1) is 9.54. The Balaban J connectivity index is 1.83. The number of hydrogen-bond acceptors (Lipinski definition) is 5. The molecule has 0 radical (unpaired) electrons. The minimum Gasteiger partial charge on any atom is -0.479 e. The normalized spacial score (nSPS) is 16.1. The highest BCUT2D eigenvalue weighted by atomic mass is 16.5. The maximum Gasteiger partial charge on any atom is 0.341 e. The molecule has 0 unspecified atom stereocenters. The Morgan fingerprint density at radius 2 is 2.05 bits per heavy atom. The monoisotopic (exact) mass is 282 g/mol. The van der Waals surface area contributed by atoms with E-state index >= 15 is 0 Å². The Labute approximate surface area is 116 Å². The number of carbonyl (C=O) groups excluding carboxylic acids is 1. The molecule has 1 aromatic heterocycles. The quantitative estimate of drug-likeness (QED) is 0.754. The van der Waals surface area contributed by atoms with Gasteiger partial charge in [-0.1, -0.05) is 0 Å². The topological polar surface area (TPSA) is 87.9 Å². The fourth-order valence-corrected chi connectivity index (χ4v) is 1.95. The SMILES string of the molecule is CN1CCN(C(=O)Cn2cc(OCC(=O)O)cn2)CC1. The maximum absolute atomic E-state index is 12.1. The smallest absolute Gasteiger partial charge is 0.341 e. The van der Waals surface area contributed by atoms with Crippen LogP contribution in [0.1, 0.15) is 0 Å². The molecule has 0 spiro atoms.